The van der Waals surface area contributed by atoms with Crippen LogP contribution in [0.25, 0.3) is 23.3 Å². The van der Waals surface area contributed by atoms with Gasteiger partial charge in [0.25, 0.3) is 0 Å². The molecule has 1 heteroatoms. The number of benzene rings is 6. The van der Waals surface area contributed by atoms with Crippen LogP contribution in [0.15, 0.2) is 141 Å². The topological polar surface area (TPSA) is 3.24 Å². The number of nitrogens with zero attached hydrogens (tertiary/aromatic N) is 1. The van der Waals surface area contributed by atoms with Gasteiger partial charge in [0.1, 0.15) is 0 Å². The Labute approximate surface area is 388 Å². The fraction of sp³-hybridized carbons (Fsp3) is 0.365. The van der Waals surface area contributed by atoms with Crippen molar-refractivity contribution in [1.82, 2.24) is 0 Å². The van der Waals surface area contributed by atoms with Crippen molar-refractivity contribution < 1.29 is 0 Å². The van der Waals surface area contributed by atoms with Gasteiger partial charge in [0.15, 0.2) is 0 Å². The first-order chi connectivity index (χ1) is 30.7. The molecule has 0 unspecified atom stereocenters. The summed E-state index contributed by atoms with van der Waals surface area (Å²) < 4.78 is 0. The lowest BCUT2D eigenvalue weighted by molar-refractivity contribution is 0.398. The Hall–Kier alpha value is -5.40. The van der Waals surface area contributed by atoms with E-state index in [-0.39, 0.29) is 16.2 Å². The van der Waals surface area contributed by atoms with Crippen molar-refractivity contribution in [3.8, 4) is 11.1 Å². The van der Waals surface area contributed by atoms with Crippen molar-refractivity contribution in [2.24, 2.45) is 0 Å². The van der Waals surface area contributed by atoms with Crippen molar-refractivity contribution >= 4 is 29.2 Å². The Morgan fingerprint density at radius 2 is 0.906 bits per heavy atom. The minimum absolute atomic E-state index is 0.0402. The van der Waals surface area contributed by atoms with Crippen LogP contribution in [0.4, 0.5) is 17.1 Å². The van der Waals surface area contributed by atoms with E-state index in [1.54, 1.807) is 11.1 Å². The van der Waals surface area contributed by atoms with E-state index in [0.717, 1.165) is 25.7 Å². The molecule has 1 aliphatic carbocycles. The third-order valence-corrected chi connectivity index (χ3v) is 14.1. The van der Waals surface area contributed by atoms with Crippen molar-refractivity contribution in [2.45, 2.75) is 149 Å². The summed E-state index contributed by atoms with van der Waals surface area (Å²) in [5.41, 5.74) is 20.2. The zero-order valence-corrected chi connectivity index (χ0v) is 40.6. The number of hydrogen-bond donors (Lipinski definition) is 0. The molecule has 7 rings (SSSR count). The molecule has 0 atom stereocenters. The molecule has 0 heterocycles. The smallest absolute Gasteiger partial charge is 0.0546 e. The Morgan fingerprint density at radius 3 is 1.34 bits per heavy atom. The lowest BCUT2D eigenvalue weighted by atomic mass is 9.68. The molecule has 0 bridgehead atoms. The molecule has 0 saturated carbocycles. The average molecular weight is 846 g/mol. The van der Waals surface area contributed by atoms with E-state index >= 15 is 0 Å². The molecule has 6 aromatic rings. The van der Waals surface area contributed by atoms with E-state index in [0.29, 0.717) is 0 Å². The maximum atomic E-state index is 3.95. The van der Waals surface area contributed by atoms with Gasteiger partial charge < -0.3 is 4.90 Å². The average Bonchev–Trinajstić information content (AvgIpc) is 3.56. The van der Waals surface area contributed by atoms with Crippen molar-refractivity contribution in [3.63, 3.8) is 0 Å². The molecule has 332 valence electrons. The van der Waals surface area contributed by atoms with Crippen LogP contribution in [-0.4, -0.2) is 0 Å². The highest BCUT2D eigenvalue weighted by molar-refractivity contribution is 5.96. The summed E-state index contributed by atoms with van der Waals surface area (Å²) in [4.78, 5) is 2.56. The molecule has 0 aromatic heterocycles. The van der Waals surface area contributed by atoms with Gasteiger partial charge in [-0.15, -0.1) is 0 Å². The predicted octanol–water partition coefficient (Wildman–Crippen LogP) is 18.3. The highest BCUT2D eigenvalue weighted by atomic mass is 15.1. The molecule has 0 spiro atoms. The van der Waals surface area contributed by atoms with Gasteiger partial charge in [0.2, 0.25) is 0 Å². The highest BCUT2D eigenvalue weighted by Crippen LogP contribution is 2.59. The van der Waals surface area contributed by atoms with E-state index in [2.05, 4.69) is 201 Å². The van der Waals surface area contributed by atoms with Gasteiger partial charge >= 0.3 is 0 Å². The van der Waals surface area contributed by atoms with Gasteiger partial charge in [-0.3, -0.25) is 0 Å². The van der Waals surface area contributed by atoms with E-state index in [9.17, 15) is 0 Å². The second-order valence-corrected chi connectivity index (χ2v) is 21.0. The summed E-state index contributed by atoms with van der Waals surface area (Å²) in [6, 6.07) is 49.1. The summed E-state index contributed by atoms with van der Waals surface area (Å²) in [5, 5.41) is 0. The maximum Gasteiger partial charge on any atom is 0.0546 e. The van der Waals surface area contributed by atoms with Crippen LogP contribution in [0.3, 0.4) is 0 Å². The summed E-state index contributed by atoms with van der Waals surface area (Å²) in [6.07, 6.45) is 18.3. The van der Waals surface area contributed by atoms with Gasteiger partial charge in [-0.25, -0.2) is 0 Å². The maximum absolute atomic E-state index is 3.95. The zero-order valence-electron chi connectivity index (χ0n) is 40.6. The number of unbranched alkanes of at least 4 members (excludes halogenated alkanes) is 6. The standard InChI is InChI=1S/C63H75N/c1-11-48-27-31-50(32-28-48)21-17-13-15-19-41-63(42-20-16-14-18-22-51-33-29-49(12-2)30-34-51)57-43-52(61(5,6)7)35-40-56(57)60-58(63)44-53(62(8,9)10)45-59(60)64(54-36-23-46(3)24-37-54)55-38-25-47(4)26-39-55/h11-12,23-40,43-45H,1-2,13-22,41-42H2,3-10H3. The molecule has 0 N–H and O–H groups in total. The summed E-state index contributed by atoms with van der Waals surface area (Å²) >= 11 is 0. The van der Waals surface area contributed by atoms with Crippen molar-refractivity contribution in [2.75, 3.05) is 4.90 Å². The van der Waals surface area contributed by atoms with Gasteiger partial charge in [-0.05, 0) is 144 Å². The molecule has 0 radical (unpaired) electrons. The minimum atomic E-state index is -0.0881. The highest BCUT2D eigenvalue weighted by Gasteiger charge is 2.45. The van der Waals surface area contributed by atoms with Crippen LogP contribution in [0.5, 0.6) is 0 Å². The van der Waals surface area contributed by atoms with Crippen LogP contribution < -0.4 is 4.90 Å². The van der Waals surface area contributed by atoms with Gasteiger partial charge in [-0.2, -0.15) is 0 Å². The third kappa shape index (κ3) is 10.7. The van der Waals surface area contributed by atoms with Gasteiger partial charge in [-0.1, -0.05) is 214 Å². The first-order valence-corrected chi connectivity index (χ1v) is 24.4. The quantitative estimate of drug-likeness (QED) is 0.0734. The number of aryl methyl sites for hydroxylation is 4. The SMILES string of the molecule is C=Cc1ccc(CCCCCCC2(CCCCCCc3ccc(C=C)cc3)c3cc(C(C)(C)C)ccc3-c3c(N(c4ccc(C)cc4)c4ccc(C)cc4)cc(C(C)(C)C)cc32)cc1. The number of rotatable bonds is 19. The van der Waals surface area contributed by atoms with Gasteiger partial charge in [0, 0.05) is 22.4 Å². The van der Waals surface area contributed by atoms with E-state index in [1.807, 2.05) is 12.2 Å². The molecular weight excluding hydrogens is 771 g/mol. The predicted molar refractivity (Wildman–Crippen MR) is 281 cm³/mol. The second-order valence-electron chi connectivity index (χ2n) is 21.0. The van der Waals surface area contributed by atoms with Crippen LogP contribution >= 0.6 is 0 Å². The fourth-order valence-electron chi connectivity index (χ4n) is 10.0. The summed E-state index contributed by atoms with van der Waals surface area (Å²) in [7, 11) is 0. The zero-order chi connectivity index (χ0) is 45.5. The molecule has 1 nitrogen and oxygen atoms in total. The van der Waals surface area contributed by atoms with E-state index in [4.69, 9.17) is 0 Å². The van der Waals surface area contributed by atoms with E-state index < -0.39 is 0 Å². The van der Waals surface area contributed by atoms with Crippen LogP contribution in [0, 0.1) is 13.8 Å². The lowest BCUT2D eigenvalue weighted by Gasteiger charge is -2.36. The van der Waals surface area contributed by atoms with Crippen LogP contribution in [-0.2, 0) is 29.1 Å². The largest absolute Gasteiger partial charge is 0.310 e. The monoisotopic (exact) mass is 846 g/mol. The van der Waals surface area contributed by atoms with Crippen LogP contribution in [0.2, 0.25) is 0 Å². The number of anilines is 3. The molecule has 1 aliphatic rings. The molecule has 6 aromatic carbocycles. The summed E-state index contributed by atoms with van der Waals surface area (Å²) in [6.45, 7) is 26.6. The van der Waals surface area contributed by atoms with Crippen molar-refractivity contribution in [3.05, 3.63) is 196 Å². The molecule has 0 saturated heterocycles. The third-order valence-electron chi connectivity index (χ3n) is 14.1. The molecule has 0 aliphatic heterocycles. The Kier molecular flexibility index (Phi) is 14.7. The first-order valence-electron chi connectivity index (χ1n) is 24.4. The van der Waals surface area contributed by atoms with Crippen molar-refractivity contribution in [1.29, 1.82) is 0 Å². The number of hydrogen-bond acceptors (Lipinski definition) is 1. The number of fused-ring (bicyclic) bond motifs is 3. The fourth-order valence-corrected chi connectivity index (χ4v) is 10.0. The second kappa shape index (κ2) is 20.2. The van der Waals surface area contributed by atoms with E-state index in [1.165, 1.54) is 124 Å². The molecular formula is C63H75N. The normalized spacial score (nSPS) is 13.1. The minimum Gasteiger partial charge on any atom is -0.310 e. The first kappa shape index (κ1) is 46.6. The molecule has 64 heavy (non-hydrogen) atoms. The van der Waals surface area contributed by atoms with Crippen LogP contribution in [0.1, 0.15) is 161 Å². The lowest BCUT2D eigenvalue weighted by Crippen LogP contribution is -2.27. The Morgan fingerprint density at radius 1 is 0.469 bits per heavy atom. The Bertz CT molecular complexity index is 2370. The Balaban J connectivity index is 1.31. The van der Waals surface area contributed by atoms with Gasteiger partial charge in [0.05, 0.1) is 5.69 Å². The molecule has 0 amide bonds. The summed E-state index contributed by atoms with van der Waals surface area (Å²) in [5.74, 6) is 0. The molecule has 0 fully saturated rings.